The molecule has 4 amide bonds. The fourth-order valence-electron chi connectivity index (χ4n) is 4.85. The Hall–Kier alpha value is -4.86. The minimum absolute atomic E-state index is 0.154. The minimum atomic E-state index is -2.49. The van der Waals surface area contributed by atoms with Gasteiger partial charge in [0, 0.05) is 12.1 Å². The first-order chi connectivity index (χ1) is 19.4. The maximum atomic E-state index is 13.7. The van der Waals surface area contributed by atoms with E-state index in [1.54, 1.807) is 18.2 Å². The van der Waals surface area contributed by atoms with Crippen LogP contribution < -0.4 is 16.0 Å². The average molecular weight is 588 g/mol. The molecule has 2 heterocycles. The van der Waals surface area contributed by atoms with Gasteiger partial charge in [-0.3, -0.25) is 33.6 Å². The average Bonchev–Trinajstić information content (AvgIpc) is 3.10. The van der Waals surface area contributed by atoms with Gasteiger partial charge in [0.15, 0.2) is 0 Å². The predicted molar refractivity (Wildman–Crippen MR) is 140 cm³/mol. The highest BCUT2D eigenvalue weighted by atomic mass is 32.2. The van der Waals surface area contributed by atoms with Gasteiger partial charge in [-0.15, -0.1) is 0 Å². The van der Waals surface area contributed by atoms with E-state index in [1.165, 1.54) is 50.2 Å². The van der Waals surface area contributed by atoms with Crippen molar-refractivity contribution >= 4 is 46.8 Å². The minimum Gasteiger partial charge on any atom is -0.478 e. The molecule has 2 aliphatic heterocycles. The van der Waals surface area contributed by atoms with Gasteiger partial charge < -0.3 is 25.8 Å². The summed E-state index contributed by atoms with van der Waals surface area (Å²) in [5.74, 6) is -3.57. The highest BCUT2D eigenvalue weighted by Gasteiger charge is 2.77. The van der Waals surface area contributed by atoms with Crippen molar-refractivity contribution in [2.75, 3.05) is 0 Å². The Morgan fingerprint density at radius 2 is 1.80 bits per heavy atom. The molecule has 2 aromatic carbocycles. The Balaban J connectivity index is 1.59. The topological polar surface area (TPSA) is 214 Å². The van der Waals surface area contributed by atoms with E-state index < -0.39 is 67.5 Å². The van der Waals surface area contributed by atoms with Gasteiger partial charge in [0.25, 0.3) is 11.6 Å². The van der Waals surface area contributed by atoms with E-state index in [-0.39, 0.29) is 24.3 Å². The van der Waals surface area contributed by atoms with Gasteiger partial charge in [-0.05, 0) is 37.1 Å². The molecule has 16 heteroatoms. The monoisotopic (exact) mass is 587 g/mol. The van der Waals surface area contributed by atoms with Gasteiger partial charge >= 0.3 is 12.1 Å². The molecule has 216 valence electrons. The number of hydrogen-bond acceptors (Lipinski definition) is 9. The van der Waals surface area contributed by atoms with E-state index >= 15 is 0 Å². The van der Waals surface area contributed by atoms with Crippen LogP contribution in [0.25, 0.3) is 0 Å². The molecule has 2 aromatic rings. The fourth-order valence-corrected chi connectivity index (χ4v) is 6.87. The summed E-state index contributed by atoms with van der Waals surface area (Å²) in [5.41, 5.74) is -1.98. The van der Waals surface area contributed by atoms with Crippen LogP contribution in [0, 0.1) is 10.1 Å². The molecule has 5 atom stereocenters. The van der Waals surface area contributed by atoms with Crippen molar-refractivity contribution in [1.29, 1.82) is 0 Å². The normalized spacial score (nSPS) is 24.7. The lowest BCUT2D eigenvalue weighted by atomic mass is 9.88. The standard InChI is InChI=1S/C25H25N5O10S/c1-24(2)25(22(34)35,29-20(33)18(26-13-31)21(29)41(24)39)28-19(32)17(15-6-4-3-5-7-15)27-23(36)40-12-14-8-10-16(11-9-14)30(37)38/h3-11,13,17-18,21H,12H2,1-2H3,(H,26,31)(H,27,36)(H,28,32)(H,34,35)/t17?,18-,21-,25+,41?/m1/s1. The zero-order chi connectivity index (χ0) is 30.1. The number of carbonyl (C=O) groups excluding carboxylic acids is 4. The van der Waals surface area contributed by atoms with Gasteiger partial charge in [-0.2, -0.15) is 0 Å². The highest BCUT2D eigenvalue weighted by Crippen LogP contribution is 2.49. The number of fused-ring (bicyclic) bond motifs is 1. The summed E-state index contributed by atoms with van der Waals surface area (Å²) >= 11 is 0. The molecule has 41 heavy (non-hydrogen) atoms. The van der Waals surface area contributed by atoms with Crippen molar-refractivity contribution in [2.45, 2.75) is 48.3 Å². The van der Waals surface area contributed by atoms with Crippen molar-refractivity contribution in [1.82, 2.24) is 20.9 Å². The van der Waals surface area contributed by atoms with E-state index in [1.807, 2.05) is 0 Å². The highest BCUT2D eigenvalue weighted by molar-refractivity contribution is 7.87. The summed E-state index contributed by atoms with van der Waals surface area (Å²) in [6.07, 6.45) is -0.833. The number of amides is 4. The van der Waals surface area contributed by atoms with Crippen molar-refractivity contribution < 1.29 is 42.9 Å². The number of aliphatic carboxylic acids is 1. The van der Waals surface area contributed by atoms with Gasteiger partial charge in [0.1, 0.15) is 24.1 Å². The van der Waals surface area contributed by atoms with E-state index in [4.69, 9.17) is 4.74 Å². The molecule has 15 nitrogen and oxygen atoms in total. The number of rotatable bonds is 10. The third-order valence-corrected chi connectivity index (χ3v) is 9.26. The van der Waals surface area contributed by atoms with E-state index in [0.717, 1.165) is 4.90 Å². The first-order valence-electron chi connectivity index (χ1n) is 12.1. The number of nitro groups is 1. The van der Waals surface area contributed by atoms with E-state index in [2.05, 4.69) is 16.0 Å². The van der Waals surface area contributed by atoms with Gasteiger partial charge in [-0.1, -0.05) is 30.3 Å². The van der Waals surface area contributed by atoms with Gasteiger partial charge in [0.05, 0.1) is 20.5 Å². The zero-order valence-electron chi connectivity index (χ0n) is 21.6. The number of nitro benzene ring substituents is 1. The Morgan fingerprint density at radius 3 is 2.37 bits per heavy atom. The number of carboxylic acids is 1. The van der Waals surface area contributed by atoms with Crippen LogP contribution in [0.4, 0.5) is 10.5 Å². The third-order valence-electron chi connectivity index (χ3n) is 7.03. The lowest BCUT2D eigenvalue weighted by molar-refractivity contribution is -0.384. The maximum absolute atomic E-state index is 13.7. The molecule has 0 bridgehead atoms. The van der Waals surface area contributed by atoms with E-state index in [9.17, 15) is 43.4 Å². The number of nitrogens with zero attached hydrogens (tertiary/aromatic N) is 2. The molecule has 0 spiro atoms. The summed E-state index contributed by atoms with van der Waals surface area (Å²) in [6, 6.07) is 10.3. The van der Waals surface area contributed by atoms with Crippen LogP contribution in [0.1, 0.15) is 31.0 Å². The Labute approximate surface area is 234 Å². The smallest absolute Gasteiger partial charge is 0.408 e. The first-order valence-corrected chi connectivity index (χ1v) is 13.3. The fraction of sp³-hybridized carbons (Fsp3) is 0.320. The second-order valence-corrected chi connectivity index (χ2v) is 11.8. The van der Waals surface area contributed by atoms with Crippen LogP contribution in [0.15, 0.2) is 54.6 Å². The first kappa shape index (κ1) is 29.1. The largest absolute Gasteiger partial charge is 0.478 e. The Morgan fingerprint density at radius 1 is 1.17 bits per heavy atom. The molecule has 0 radical (unpaired) electrons. The molecule has 0 aromatic heterocycles. The molecule has 4 rings (SSSR count). The SMILES string of the molecule is CC1(C)S(=O)[C@@H]2[C@H](NC=O)C(=O)N2[C@@]1(NC(=O)C(NC(=O)OCc1ccc([N+](=O)[O-])cc1)c1ccccc1)C(=O)O. The van der Waals surface area contributed by atoms with E-state index in [0.29, 0.717) is 5.56 Å². The van der Waals surface area contributed by atoms with Crippen molar-refractivity contribution in [3.63, 3.8) is 0 Å². The van der Waals surface area contributed by atoms with Crippen LogP contribution >= 0.6 is 0 Å². The summed E-state index contributed by atoms with van der Waals surface area (Å²) in [5, 5.41) is 26.9. The second kappa shape index (κ2) is 11.0. The maximum Gasteiger partial charge on any atom is 0.408 e. The molecule has 2 aliphatic rings. The molecule has 0 saturated carbocycles. The molecular weight excluding hydrogens is 562 g/mol. The van der Waals surface area contributed by atoms with Crippen LogP contribution in [-0.2, 0) is 41.3 Å². The number of non-ortho nitro benzene ring substituents is 1. The number of carboxylic acid groups (broad SMARTS) is 1. The number of benzene rings is 2. The van der Waals surface area contributed by atoms with Crippen molar-refractivity contribution in [3.05, 3.63) is 75.8 Å². The Kier molecular flexibility index (Phi) is 7.78. The number of β-lactam (4-membered cyclic amide) rings is 1. The number of ether oxygens (including phenoxy) is 1. The number of carbonyl (C=O) groups is 5. The molecule has 2 unspecified atom stereocenters. The van der Waals surface area contributed by atoms with Crippen LogP contribution in [0.5, 0.6) is 0 Å². The van der Waals surface area contributed by atoms with Crippen LogP contribution in [-0.4, -0.2) is 71.3 Å². The number of nitrogens with one attached hydrogen (secondary N) is 3. The lowest BCUT2D eigenvalue weighted by Gasteiger charge is -2.49. The van der Waals surface area contributed by atoms with Gasteiger partial charge in [-0.25, -0.2) is 9.59 Å². The molecule has 4 N–H and O–H groups in total. The Bertz CT molecular complexity index is 1430. The molecule has 2 fully saturated rings. The zero-order valence-corrected chi connectivity index (χ0v) is 22.5. The van der Waals surface area contributed by atoms with Crippen molar-refractivity contribution in [2.24, 2.45) is 0 Å². The quantitative estimate of drug-likeness (QED) is 0.129. The van der Waals surface area contributed by atoms with Crippen LogP contribution in [0.2, 0.25) is 0 Å². The van der Waals surface area contributed by atoms with Gasteiger partial charge in [0.2, 0.25) is 18.0 Å². The third kappa shape index (κ3) is 4.86. The lowest BCUT2D eigenvalue weighted by Crippen LogP contribution is -2.80. The number of hydrogen-bond donors (Lipinski definition) is 4. The summed E-state index contributed by atoms with van der Waals surface area (Å²) in [6.45, 7) is 2.32. The predicted octanol–water partition coefficient (Wildman–Crippen LogP) is 0.283. The van der Waals surface area contributed by atoms with Crippen LogP contribution in [0.3, 0.4) is 0 Å². The number of alkyl carbamates (subject to hydrolysis) is 1. The molecule has 0 aliphatic carbocycles. The summed E-state index contributed by atoms with van der Waals surface area (Å²) in [7, 11) is -2.04. The summed E-state index contributed by atoms with van der Waals surface area (Å²) < 4.78 is 16.8. The summed E-state index contributed by atoms with van der Waals surface area (Å²) in [4.78, 5) is 74.0. The van der Waals surface area contributed by atoms with Crippen molar-refractivity contribution in [3.8, 4) is 0 Å². The second-order valence-electron chi connectivity index (χ2n) is 9.66. The molecule has 2 saturated heterocycles. The molecular formula is C25H25N5O10S.